The fourth-order valence-electron chi connectivity index (χ4n) is 1.30. The first-order chi connectivity index (χ1) is 9.29. The Hall–Kier alpha value is -2.27. The van der Waals surface area contributed by atoms with Gasteiger partial charge in [-0.25, -0.2) is 0 Å². The second-order valence-electron chi connectivity index (χ2n) is 3.06. The number of Topliss-reactive ketones (excluding diaryl/α,β-unsaturated/α-hetero) is 1. The standard InChI is InChI=1S/C13H8O2.2C2H6/c14-12-9-5-4-8-11(12)13(15)10-6-2-1-3-7-10;2*1-2/h1-2,4-6,8-9,14H;2*1-2H3. The van der Waals surface area contributed by atoms with Crippen molar-refractivity contribution in [3.63, 3.8) is 0 Å². The van der Waals surface area contributed by atoms with Gasteiger partial charge in [0.05, 0.1) is 11.1 Å². The first kappa shape index (κ1) is 16.7. The Morgan fingerprint density at radius 1 is 1.11 bits per heavy atom. The van der Waals surface area contributed by atoms with Gasteiger partial charge in [-0.2, -0.15) is 0 Å². The van der Waals surface area contributed by atoms with Gasteiger partial charge >= 0.3 is 0 Å². The molecule has 1 aliphatic rings. The molecule has 2 rings (SSSR count). The molecule has 0 saturated heterocycles. The molecule has 1 aromatic carbocycles. The number of phenols is 1. The van der Waals surface area contributed by atoms with E-state index in [2.05, 4.69) is 11.5 Å². The first-order valence-electron chi connectivity index (χ1n) is 6.50. The Labute approximate surface area is 115 Å². The van der Waals surface area contributed by atoms with Crippen LogP contribution >= 0.6 is 0 Å². The SMILES string of the molecule is CC.CC.O=C(C1=C=C=CC=C1)c1ccccc1O. The van der Waals surface area contributed by atoms with Gasteiger partial charge in [-0.3, -0.25) is 4.79 Å². The summed E-state index contributed by atoms with van der Waals surface area (Å²) in [5, 5.41) is 9.50. The van der Waals surface area contributed by atoms with E-state index in [0.29, 0.717) is 5.57 Å². The van der Waals surface area contributed by atoms with Crippen LogP contribution in [0, 0.1) is 0 Å². The quantitative estimate of drug-likeness (QED) is 0.627. The number of hydrogen-bond acceptors (Lipinski definition) is 2. The number of hydrogen-bond donors (Lipinski definition) is 1. The van der Waals surface area contributed by atoms with Gasteiger partial charge in [0.15, 0.2) is 0 Å². The third-order valence-electron chi connectivity index (χ3n) is 2.04. The minimum atomic E-state index is -0.245. The maximum Gasteiger partial charge on any atom is 0.205 e. The molecule has 1 aliphatic carbocycles. The van der Waals surface area contributed by atoms with Gasteiger partial charge in [0.2, 0.25) is 5.78 Å². The summed E-state index contributed by atoms with van der Waals surface area (Å²) in [6.45, 7) is 8.00. The molecule has 100 valence electrons. The Balaban J connectivity index is 0.000000741. The number of rotatable bonds is 2. The van der Waals surface area contributed by atoms with Crippen molar-refractivity contribution in [1.82, 2.24) is 0 Å². The van der Waals surface area contributed by atoms with Crippen molar-refractivity contribution < 1.29 is 9.90 Å². The van der Waals surface area contributed by atoms with Crippen LogP contribution in [-0.2, 0) is 0 Å². The Morgan fingerprint density at radius 2 is 1.74 bits per heavy atom. The molecule has 0 aliphatic heterocycles. The normalized spacial score (nSPS) is 10.6. The molecule has 0 bridgehead atoms. The molecule has 0 radical (unpaired) electrons. The third-order valence-corrected chi connectivity index (χ3v) is 2.04. The number of aromatic hydroxyl groups is 1. The zero-order valence-electron chi connectivity index (χ0n) is 11.9. The van der Waals surface area contributed by atoms with E-state index in [9.17, 15) is 9.90 Å². The van der Waals surface area contributed by atoms with Crippen LogP contribution in [0.1, 0.15) is 38.1 Å². The number of ketones is 1. The lowest BCUT2D eigenvalue weighted by Crippen LogP contribution is -2.01. The monoisotopic (exact) mass is 256 g/mol. The van der Waals surface area contributed by atoms with Gasteiger partial charge in [0.25, 0.3) is 0 Å². The van der Waals surface area contributed by atoms with E-state index in [1.165, 1.54) is 6.07 Å². The number of carbonyl (C=O) groups is 1. The number of benzene rings is 1. The van der Waals surface area contributed by atoms with Gasteiger partial charge < -0.3 is 5.11 Å². The summed E-state index contributed by atoms with van der Waals surface area (Å²) < 4.78 is 0. The van der Waals surface area contributed by atoms with E-state index >= 15 is 0 Å². The van der Waals surface area contributed by atoms with Crippen LogP contribution in [0.25, 0.3) is 0 Å². The van der Waals surface area contributed by atoms with Crippen LogP contribution in [0.15, 0.2) is 59.5 Å². The van der Waals surface area contributed by atoms with E-state index in [0.717, 1.165) is 0 Å². The highest BCUT2D eigenvalue weighted by Crippen LogP contribution is 2.19. The van der Waals surface area contributed by atoms with Crippen LogP contribution in [0.5, 0.6) is 5.75 Å². The topological polar surface area (TPSA) is 37.3 Å². The average Bonchev–Trinajstić information content (AvgIpc) is 2.52. The van der Waals surface area contributed by atoms with Crippen molar-refractivity contribution >= 4 is 5.78 Å². The molecular formula is C17H20O2. The number of allylic oxidation sites excluding steroid dienone is 4. The summed E-state index contributed by atoms with van der Waals surface area (Å²) >= 11 is 0. The van der Waals surface area contributed by atoms with E-state index in [1.807, 2.05) is 27.7 Å². The lowest BCUT2D eigenvalue weighted by Gasteiger charge is -2.02. The molecule has 2 heteroatoms. The number of phenolic OH excluding ortho intramolecular Hbond substituents is 1. The van der Waals surface area contributed by atoms with Crippen LogP contribution in [0.2, 0.25) is 0 Å². The van der Waals surface area contributed by atoms with Crippen LogP contribution in [0.4, 0.5) is 0 Å². The molecule has 0 saturated carbocycles. The second-order valence-corrected chi connectivity index (χ2v) is 3.06. The third kappa shape index (κ3) is 4.85. The predicted octanol–water partition coefficient (Wildman–Crippen LogP) is 4.43. The summed E-state index contributed by atoms with van der Waals surface area (Å²) in [4.78, 5) is 11.9. The van der Waals surface area contributed by atoms with Gasteiger partial charge in [0, 0.05) is 0 Å². The van der Waals surface area contributed by atoms with Crippen molar-refractivity contribution in [2.45, 2.75) is 27.7 Å². The highest BCUT2D eigenvalue weighted by atomic mass is 16.3. The molecule has 1 aromatic rings. The van der Waals surface area contributed by atoms with Crippen molar-refractivity contribution in [3.8, 4) is 5.75 Å². The van der Waals surface area contributed by atoms with Crippen LogP contribution in [-0.4, -0.2) is 10.9 Å². The Kier molecular flexibility index (Phi) is 8.57. The van der Waals surface area contributed by atoms with Gasteiger partial charge in [0.1, 0.15) is 5.75 Å². The number of para-hydroxylation sites is 1. The van der Waals surface area contributed by atoms with Crippen molar-refractivity contribution in [2.24, 2.45) is 0 Å². The molecule has 0 spiro atoms. The molecule has 0 heterocycles. The molecule has 0 amide bonds. The summed E-state index contributed by atoms with van der Waals surface area (Å²) in [6, 6.07) is 6.45. The molecule has 0 fully saturated rings. The van der Waals surface area contributed by atoms with Crippen molar-refractivity contribution in [2.75, 3.05) is 0 Å². The lowest BCUT2D eigenvalue weighted by molar-refractivity contribution is 0.103. The van der Waals surface area contributed by atoms with E-state index in [4.69, 9.17) is 0 Å². The minimum Gasteiger partial charge on any atom is -0.507 e. The highest BCUT2D eigenvalue weighted by molar-refractivity contribution is 6.12. The highest BCUT2D eigenvalue weighted by Gasteiger charge is 2.13. The Morgan fingerprint density at radius 3 is 2.26 bits per heavy atom. The number of carbonyl (C=O) groups excluding carboxylic acids is 1. The fourth-order valence-corrected chi connectivity index (χ4v) is 1.30. The maximum absolute atomic E-state index is 11.9. The van der Waals surface area contributed by atoms with Crippen LogP contribution < -0.4 is 0 Å². The fraction of sp³-hybridized carbons (Fsp3) is 0.235. The molecule has 19 heavy (non-hydrogen) atoms. The Bertz CT molecular complexity index is 538. The van der Waals surface area contributed by atoms with Crippen molar-refractivity contribution in [3.05, 3.63) is 65.1 Å². The van der Waals surface area contributed by atoms with E-state index in [-0.39, 0.29) is 17.1 Å². The second kappa shape index (κ2) is 9.73. The molecule has 1 N–H and O–H groups in total. The van der Waals surface area contributed by atoms with Gasteiger partial charge in [-0.05, 0) is 24.3 Å². The van der Waals surface area contributed by atoms with E-state index in [1.54, 1.807) is 36.4 Å². The maximum atomic E-state index is 11.9. The molecular weight excluding hydrogens is 236 g/mol. The first-order valence-corrected chi connectivity index (χ1v) is 6.50. The minimum absolute atomic E-state index is 0.0141. The van der Waals surface area contributed by atoms with Gasteiger partial charge in [-0.15, -0.1) is 0 Å². The summed E-state index contributed by atoms with van der Waals surface area (Å²) in [5.41, 5.74) is 6.10. The molecule has 0 aromatic heterocycles. The van der Waals surface area contributed by atoms with Crippen molar-refractivity contribution in [1.29, 1.82) is 0 Å². The zero-order valence-corrected chi connectivity index (χ0v) is 11.9. The predicted molar refractivity (Wildman–Crippen MR) is 79.4 cm³/mol. The largest absolute Gasteiger partial charge is 0.507 e. The molecule has 0 unspecified atom stereocenters. The van der Waals surface area contributed by atoms with Crippen LogP contribution in [0.3, 0.4) is 0 Å². The average molecular weight is 256 g/mol. The molecule has 2 nitrogen and oxygen atoms in total. The summed E-state index contributed by atoms with van der Waals surface area (Å²) in [7, 11) is 0. The zero-order chi connectivity index (χ0) is 14.7. The molecule has 0 atom stereocenters. The smallest absolute Gasteiger partial charge is 0.205 e. The van der Waals surface area contributed by atoms with Gasteiger partial charge in [-0.1, -0.05) is 57.4 Å². The lowest BCUT2D eigenvalue weighted by atomic mass is 10.0. The summed E-state index contributed by atoms with van der Waals surface area (Å²) in [5.74, 6) is -0.260. The van der Waals surface area contributed by atoms with E-state index < -0.39 is 0 Å². The summed E-state index contributed by atoms with van der Waals surface area (Å²) in [6.07, 6.45) is 5.02.